The van der Waals surface area contributed by atoms with E-state index in [0.717, 1.165) is 26.2 Å². The van der Waals surface area contributed by atoms with Gasteiger partial charge in [0.1, 0.15) is 0 Å². The molecule has 80 valence electrons. The zero-order chi connectivity index (χ0) is 9.80. The molecule has 1 atom stereocenters. The second-order valence-electron chi connectivity index (χ2n) is 3.97. The highest BCUT2D eigenvalue weighted by atomic mass is 32.2. The topological polar surface area (TPSA) is 32.3 Å². The molecule has 2 rings (SSSR count). The molecule has 2 aliphatic heterocycles. The predicted molar refractivity (Wildman–Crippen MR) is 59.5 cm³/mol. The van der Waals surface area contributed by atoms with E-state index in [-0.39, 0.29) is 0 Å². The third-order valence-corrected chi connectivity index (χ3v) is 4.26. The van der Waals surface area contributed by atoms with Gasteiger partial charge in [0.25, 0.3) is 0 Å². The molecule has 2 fully saturated rings. The number of carbonyl (C=O) groups excluding carboxylic acids is 1. The minimum absolute atomic E-state index is 0.336. The number of nitrogens with zero attached hydrogens (tertiary/aromatic N) is 1. The Labute approximate surface area is 89.6 Å². The lowest BCUT2D eigenvalue weighted by atomic mass is 10.2. The summed E-state index contributed by atoms with van der Waals surface area (Å²) in [5.74, 6) is 1.62. The maximum absolute atomic E-state index is 11.7. The van der Waals surface area contributed by atoms with Crippen molar-refractivity contribution in [3.8, 4) is 0 Å². The van der Waals surface area contributed by atoms with Crippen LogP contribution in [0, 0.1) is 0 Å². The second kappa shape index (κ2) is 5.03. The summed E-state index contributed by atoms with van der Waals surface area (Å²) in [6, 6.07) is 0. The maximum atomic E-state index is 11.7. The predicted octanol–water partition coefficient (Wildman–Crippen LogP) is 0.704. The van der Waals surface area contributed by atoms with E-state index < -0.39 is 0 Å². The second-order valence-corrected chi connectivity index (χ2v) is 5.38. The van der Waals surface area contributed by atoms with Gasteiger partial charge in [-0.25, -0.2) is 0 Å². The van der Waals surface area contributed by atoms with Gasteiger partial charge in [-0.1, -0.05) is 0 Å². The van der Waals surface area contributed by atoms with Crippen molar-refractivity contribution in [1.82, 2.24) is 10.2 Å². The van der Waals surface area contributed by atoms with E-state index in [4.69, 9.17) is 0 Å². The van der Waals surface area contributed by atoms with Crippen molar-refractivity contribution in [3.63, 3.8) is 0 Å². The lowest BCUT2D eigenvalue weighted by molar-refractivity contribution is -0.130. The first-order chi connectivity index (χ1) is 6.86. The summed E-state index contributed by atoms with van der Waals surface area (Å²) in [7, 11) is 0. The SMILES string of the molecule is O=C1CCNCCN1CC1CCCS1. The summed E-state index contributed by atoms with van der Waals surface area (Å²) < 4.78 is 0. The molecule has 0 aromatic rings. The van der Waals surface area contributed by atoms with Crippen LogP contribution in [0.3, 0.4) is 0 Å². The van der Waals surface area contributed by atoms with Crippen molar-refractivity contribution >= 4 is 17.7 Å². The molecule has 2 saturated heterocycles. The van der Waals surface area contributed by atoms with Gasteiger partial charge in [0.15, 0.2) is 0 Å². The molecule has 1 unspecified atom stereocenters. The van der Waals surface area contributed by atoms with Crippen LogP contribution in [0.5, 0.6) is 0 Å². The molecule has 2 heterocycles. The number of rotatable bonds is 2. The largest absolute Gasteiger partial charge is 0.340 e. The molecule has 0 aliphatic carbocycles. The lowest BCUT2D eigenvalue weighted by Crippen LogP contribution is -2.36. The fourth-order valence-corrected chi connectivity index (χ4v) is 3.33. The number of nitrogens with one attached hydrogen (secondary N) is 1. The summed E-state index contributed by atoms with van der Waals surface area (Å²) in [4.78, 5) is 13.7. The summed E-state index contributed by atoms with van der Waals surface area (Å²) in [5, 5.41) is 3.97. The van der Waals surface area contributed by atoms with Gasteiger partial charge in [-0.3, -0.25) is 4.79 Å². The summed E-state index contributed by atoms with van der Waals surface area (Å²) in [6.45, 7) is 3.69. The Morgan fingerprint density at radius 2 is 2.43 bits per heavy atom. The monoisotopic (exact) mass is 214 g/mol. The molecule has 14 heavy (non-hydrogen) atoms. The van der Waals surface area contributed by atoms with Gasteiger partial charge >= 0.3 is 0 Å². The number of hydrogen-bond acceptors (Lipinski definition) is 3. The number of carbonyl (C=O) groups is 1. The van der Waals surface area contributed by atoms with Crippen LogP contribution >= 0.6 is 11.8 Å². The van der Waals surface area contributed by atoms with E-state index in [9.17, 15) is 4.79 Å². The quantitative estimate of drug-likeness (QED) is 0.734. The number of thioether (sulfide) groups is 1. The number of hydrogen-bond donors (Lipinski definition) is 1. The molecule has 3 nitrogen and oxygen atoms in total. The average molecular weight is 214 g/mol. The van der Waals surface area contributed by atoms with Gasteiger partial charge in [-0.2, -0.15) is 11.8 Å². The van der Waals surface area contributed by atoms with Gasteiger partial charge in [0, 0.05) is 37.8 Å². The standard InChI is InChI=1S/C10H18N2OS/c13-10-3-4-11-5-6-12(10)8-9-2-1-7-14-9/h9,11H,1-8H2. The minimum Gasteiger partial charge on any atom is -0.340 e. The average Bonchev–Trinajstić information content (AvgIpc) is 2.60. The molecule has 1 N–H and O–H groups in total. The fourth-order valence-electron chi connectivity index (χ4n) is 2.04. The Bertz CT molecular complexity index is 204. The normalized spacial score (nSPS) is 29.3. The van der Waals surface area contributed by atoms with Crippen molar-refractivity contribution in [2.75, 3.05) is 31.9 Å². The molecule has 0 saturated carbocycles. The van der Waals surface area contributed by atoms with Crippen molar-refractivity contribution in [2.24, 2.45) is 0 Å². The summed E-state index contributed by atoms with van der Waals surface area (Å²) >= 11 is 2.03. The van der Waals surface area contributed by atoms with Crippen LogP contribution in [-0.2, 0) is 4.79 Å². The van der Waals surface area contributed by atoms with E-state index in [1.54, 1.807) is 0 Å². The molecule has 0 bridgehead atoms. The van der Waals surface area contributed by atoms with Crippen molar-refractivity contribution in [3.05, 3.63) is 0 Å². The van der Waals surface area contributed by atoms with Gasteiger partial charge in [0.05, 0.1) is 0 Å². The van der Waals surface area contributed by atoms with E-state index in [1.807, 2.05) is 16.7 Å². The lowest BCUT2D eigenvalue weighted by Gasteiger charge is -2.23. The van der Waals surface area contributed by atoms with Crippen LogP contribution in [0.1, 0.15) is 19.3 Å². The van der Waals surface area contributed by atoms with Crippen LogP contribution in [0.2, 0.25) is 0 Å². The Kier molecular flexibility index (Phi) is 3.70. The highest BCUT2D eigenvalue weighted by Crippen LogP contribution is 2.26. The van der Waals surface area contributed by atoms with Crippen molar-refractivity contribution < 1.29 is 4.79 Å². The van der Waals surface area contributed by atoms with Crippen LogP contribution < -0.4 is 5.32 Å². The van der Waals surface area contributed by atoms with E-state index >= 15 is 0 Å². The molecule has 0 radical (unpaired) electrons. The fraction of sp³-hybridized carbons (Fsp3) is 0.900. The highest BCUT2D eigenvalue weighted by Gasteiger charge is 2.22. The van der Waals surface area contributed by atoms with Gasteiger partial charge in [0.2, 0.25) is 5.91 Å². The van der Waals surface area contributed by atoms with Crippen LogP contribution in [-0.4, -0.2) is 48.0 Å². The molecule has 0 spiro atoms. The Hall–Kier alpha value is -0.220. The summed E-state index contributed by atoms with van der Waals surface area (Å²) in [6.07, 6.45) is 3.30. The van der Waals surface area contributed by atoms with Gasteiger partial charge < -0.3 is 10.2 Å². The first-order valence-electron chi connectivity index (χ1n) is 5.46. The third-order valence-electron chi connectivity index (χ3n) is 2.87. The van der Waals surface area contributed by atoms with E-state index in [2.05, 4.69) is 5.32 Å². The minimum atomic E-state index is 0.336. The maximum Gasteiger partial charge on any atom is 0.223 e. The summed E-state index contributed by atoms with van der Waals surface area (Å²) in [5.41, 5.74) is 0. The molecule has 2 aliphatic rings. The first-order valence-corrected chi connectivity index (χ1v) is 6.51. The van der Waals surface area contributed by atoms with E-state index in [0.29, 0.717) is 17.6 Å². The molecular formula is C10H18N2OS. The Morgan fingerprint density at radius 1 is 1.50 bits per heavy atom. The van der Waals surface area contributed by atoms with Crippen LogP contribution in [0.25, 0.3) is 0 Å². The smallest absolute Gasteiger partial charge is 0.223 e. The number of amides is 1. The molecule has 1 amide bonds. The Morgan fingerprint density at radius 3 is 3.21 bits per heavy atom. The molecule has 4 heteroatoms. The van der Waals surface area contributed by atoms with Gasteiger partial charge in [-0.15, -0.1) is 0 Å². The third kappa shape index (κ3) is 2.64. The van der Waals surface area contributed by atoms with Crippen LogP contribution in [0.4, 0.5) is 0 Å². The van der Waals surface area contributed by atoms with Crippen molar-refractivity contribution in [1.29, 1.82) is 0 Å². The zero-order valence-electron chi connectivity index (χ0n) is 8.50. The molecule has 0 aromatic heterocycles. The Balaban J connectivity index is 1.84. The van der Waals surface area contributed by atoms with E-state index in [1.165, 1.54) is 18.6 Å². The molecule has 0 aromatic carbocycles. The van der Waals surface area contributed by atoms with Crippen LogP contribution in [0.15, 0.2) is 0 Å². The highest BCUT2D eigenvalue weighted by molar-refractivity contribution is 8.00. The molecular weight excluding hydrogens is 196 g/mol. The van der Waals surface area contributed by atoms with Gasteiger partial charge in [-0.05, 0) is 18.6 Å². The first kappa shape index (κ1) is 10.3. The van der Waals surface area contributed by atoms with Crippen molar-refractivity contribution in [2.45, 2.75) is 24.5 Å². The zero-order valence-corrected chi connectivity index (χ0v) is 9.31.